The van der Waals surface area contributed by atoms with Gasteiger partial charge in [0.1, 0.15) is 5.82 Å². The second-order valence-electron chi connectivity index (χ2n) is 3.80. The summed E-state index contributed by atoms with van der Waals surface area (Å²) in [6.07, 6.45) is 1.48. The SMILES string of the molecule is N#CC1(c2ccc(B(O)O)c(F)c2)CC1. The van der Waals surface area contributed by atoms with Gasteiger partial charge in [-0.1, -0.05) is 12.1 Å². The van der Waals surface area contributed by atoms with Crippen LogP contribution in [0.4, 0.5) is 4.39 Å². The fourth-order valence-electron chi connectivity index (χ4n) is 1.62. The van der Waals surface area contributed by atoms with Crippen LogP contribution in [0.1, 0.15) is 18.4 Å². The molecule has 2 rings (SSSR count). The molecule has 1 aliphatic rings. The van der Waals surface area contributed by atoms with Crippen molar-refractivity contribution in [3.8, 4) is 6.07 Å². The van der Waals surface area contributed by atoms with Gasteiger partial charge in [-0.15, -0.1) is 0 Å². The van der Waals surface area contributed by atoms with E-state index in [1.54, 1.807) is 6.07 Å². The van der Waals surface area contributed by atoms with E-state index in [0.717, 1.165) is 12.8 Å². The molecule has 0 heterocycles. The molecule has 5 heteroatoms. The minimum atomic E-state index is -1.81. The molecule has 0 amide bonds. The molecule has 1 aliphatic carbocycles. The normalized spacial score (nSPS) is 16.9. The molecule has 76 valence electrons. The summed E-state index contributed by atoms with van der Waals surface area (Å²) in [5.41, 5.74) is -0.0841. The van der Waals surface area contributed by atoms with Crippen molar-refractivity contribution < 1.29 is 14.4 Å². The molecule has 2 N–H and O–H groups in total. The van der Waals surface area contributed by atoms with Crippen LogP contribution in [0.5, 0.6) is 0 Å². The molecule has 0 aromatic heterocycles. The van der Waals surface area contributed by atoms with Crippen LogP contribution < -0.4 is 5.46 Å². The molecule has 0 saturated heterocycles. The van der Waals surface area contributed by atoms with Crippen LogP contribution in [0.15, 0.2) is 18.2 Å². The van der Waals surface area contributed by atoms with Gasteiger partial charge in [-0.3, -0.25) is 0 Å². The van der Waals surface area contributed by atoms with Gasteiger partial charge < -0.3 is 10.0 Å². The van der Waals surface area contributed by atoms with Crippen molar-refractivity contribution in [2.24, 2.45) is 0 Å². The van der Waals surface area contributed by atoms with Gasteiger partial charge in [-0.05, 0) is 24.5 Å². The zero-order chi connectivity index (χ0) is 11.1. The maximum atomic E-state index is 13.4. The van der Waals surface area contributed by atoms with Crippen LogP contribution in [0.3, 0.4) is 0 Å². The van der Waals surface area contributed by atoms with E-state index in [1.807, 2.05) is 0 Å². The van der Waals surface area contributed by atoms with Gasteiger partial charge >= 0.3 is 7.12 Å². The summed E-state index contributed by atoms with van der Waals surface area (Å²) < 4.78 is 13.4. The largest absolute Gasteiger partial charge is 0.491 e. The van der Waals surface area contributed by atoms with E-state index in [1.165, 1.54) is 12.1 Å². The summed E-state index contributed by atoms with van der Waals surface area (Å²) in [7, 11) is -1.81. The van der Waals surface area contributed by atoms with Gasteiger partial charge in [0.2, 0.25) is 0 Å². The van der Waals surface area contributed by atoms with Crippen molar-refractivity contribution in [1.82, 2.24) is 0 Å². The monoisotopic (exact) mass is 205 g/mol. The number of nitrogens with zero attached hydrogens (tertiary/aromatic N) is 1. The summed E-state index contributed by atoms with van der Waals surface area (Å²) in [5, 5.41) is 26.6. The lowest BCUT2D eigenvalue weighted by molar-refractivity contribution is 0.423. The van der Waals surface area contributed by atoms with Crippen LogP contribution in [0.25, 0.3) is 0 Å². The molecule has 0 atom stereocenters. The highest BCUT2D eigenvalue weighted by Crippen LogP contribution is 2.47. The molecule has 0 aliphatic heterocycles. The van der Waals surface area contributed by atoms with E-state index >= 15 is 0 Å². The number of benzene rings is 1. The Morgan fingerprint density at radius 3 is 2.47 bits per heavy atom. The maximum absolute atomic E-state index is 13.4. The molecule has 1 aromatic carbocycles. The highest BCUT2D eigenvalue weighted by atomic mass is 19.1. The van der Waals surface area contributed by atoms with Crippen molar-refractivity contribution in [2.45, 2.75) is 18.3 Å². The van der Waals surface area contributed by atoms with Gasteiger partial charge in [-0.2, -0.15) is 5.26 Å². The second kappa shape index (κ2) is 3.33. The van der Waals surface area contributed by atoms with Gasteiger partial charge in [0, 0.05) is 5.46 Å². The Labute approximate surface area is 86.9 Å². The topological polar surface area (TPSA) is 64.2 Å². The van der Waals surface area contributed by atoms with Gasteiger partial charge in [-0.25, -0.2) is 4.39 Å². The number of hydrogen-bond acceptors (Lipinski definition) is 3. The maximum Gasteiger partial charge on any atom is 0.491 e. The van der Waals surface area contributed by atoms with Crippen LogP contribution >= 0.6 is 0 Å². The zero-order valence-electron chi connectivity index (χ0n) is 7.94. The van der Waals surface area contributed by atoms with E-state index in [2.05, 4.69) is 6.07 Å². The third-order valence-electron chi connectivity index (χ3n) is 2.80. The average Bonchev–Trinajstić information content (AvgIpc) is 2.97. The van der Waals surface area contributed by atoms with Gasteiger partial charge in [0.15, 0.2) is 0 Å². The lowest BCUT2D eigenvalue weighted by atomic mass is 9.78. The molecule has 3 nitrogen and oxygen atoms in total. The van der Waals surface area contributed by atoms with Crippen LogP contribution in [0, 0.1) is 17.1 Å². The van der Waals surface area contributed by atoms with E-state index < -0.39 is 18.4 Å². The van der Waals surface area contributed by atoms with E-state index in [4.69, 9.17) is 15.3 Å². The third kappa shape index (κ3) is 1.62. The molecular weight excluding hydrogens is 196 g/mol. The highest BCUT2D eigenvalue weighted by molar-refractivity contribution is 6.58. The van der Waals surface area contributed by atoms with E-state index in [0.29, 0.717) is 5.56 Å². The number of hydrogen-bond donors (Lipinski definition) is 2. The smallest absolute Gasteiger partial charge is 0.423 e. The number of nitriles is 1. The van der Waals surface area contributed by atoms with Crippen LogP contribution in [-0.4, -0.2) is 17.2 Å². The van der Waals surface area contributed by atoms with Crippen molar-refractivity contribution in [3.05, 3.63) is 29.6 Å². The van der Waals surface area contributed by atoms with Gasteiger partial charge in [0.05, 0.1) is 11.5 Å². The Hall–Kier alpha value is -1.38. The first-order chi connectivity index (χ1) is 7.09. The Kier molecular flexibility index (Phi) is 2.26. The summed E-state index contributed by atoms with van der Waals surface area (Å²) in [4.78, 5) is 0. The first-order valence-electron chi connectivity index (χ1n) is 4.66. The lowest BCUT2D eigenvalue weighted by Gasteiger charge is -2.08. The van der Waals surface area contributed by atoms with Crippen LogP contribution in [0.2, 0.25) is 0 Å². The van der Waals surface area contributed by atoms with Crippen molar-refractivity contribution in [1.29, 1.82) is 5.26 Å². The van der Waals surface area contributed by atoms with Crippen molar-refractivity contribution >= 4 is 12.6 Å². The molecule has 0 radical (unpaired) electrons. The Bertz CT molecular complexity index is 438. The van der Waals surface area contributed by atoms with E-state index in [9.17, 15) is 4.39 Å². The summed E-state index contributed by atoms with van der Waals surface area (Å²) in [6, 6.07) is 6.26. The van der Waals surface area contributed by atoms with Crippen molar-refractivity contribution in [3.63, 3.8) is 0 Å². The number of rotatable bonds is 2. The molecule has 0 spiro atoms. The Balaban J connectivity index is 2.39. The van der Waals surface area contributed by atoms with Crippen molar-refractivity contribution in [2.75, 3.05) is 0 Å². The number of halogens is 1. The average molecular weight is 205 g/mol. The summed E-state index contributed by atoms with van der Waals surface area (Å²) >= 11 is 0. The highest BCUT2D eigenvalue weighted by Gasteiger charge is 2.45. The Morgan fingerprint density at radius 1 is 1.40 bits per heavy atom. The predicted molar refractivity (Wildman–Crippen MR) is 52.8 cm³/mol. The van der Waals surface area contributed by atoms with Crippen LogP contribution in [-0.2, 0) is 5.41 Å². The molecule has 1 aromatic rings. The quantitative estimate of drug-likeness (QED) is 0.671. The zero-order valence-corrected chi connectivity index (χ0v) is 7.94. The first kappa shape index (κ1) is 10.2. The fraction of sp³-hybridized carbons (Fsp3) is 0.300. The van der Waals surface area contributed by atoms with Gasteiger partial charge in [0.25, 0.3) is 0 Å². The Morgan fingerprint density at radius 2 is 2.07 bits per heavy atom. The fourth-order valence-corrected chi connectivity index (χ4v) is 1.62. The molecular formula is C10H9BFNO2. The minimum Gasteiger partial charge on any atom is -0.423 e. The summed E-state index contributed by atoms with van der Waals surface area (Å²) in [6.45, 7) is 0. The predicted octanol–water partition coefficient (Wildman–Crippen LogP) is 0.0607. The second-order valence-corrected chi connectivity index (χ2v) is 3.80. The minimum absolute atomic E-state index is 0.160. The summed E-state index contributed by atoms with van der Waals surface area (Å²) in [5.74, 6) is -0.677. The molecule has 15 heavy (non-hydrogen) atoms. The third-order valence-corrected chi connectivity index (χ3v) is 2.80. The molecule has 1 saturated carbocycles. The molecule has 0 bridgehead atoms. The van der Waals surface area contributed by atoms with E-state index in [-0.39, 0.29) is 5.46 Å². The standard InChI is InChI=1S/C10H9BFNO2/c12-9-5-7(10(6-13)3-4-10)1-2-8(9)11(14)15/h1-2,5,14-15H,3-4H2. The lowest BCUT2D eigenvalue weighted by Crippen LogP contribution is -2.33. The molecule has 0 unspecified atom stereocenters. The molecule has 1 fully saturated rings. The first-order valence-corrected chi connectivity index (χ1v) is 4.66.